The number of anilines is 2. The molecule has 1 heterocycles. The van der Waals surface area contributed by atoms with Gasteiger partial charge in [0.1, 0.15) is 12.2 Å². The van der Waals surface area contributed by atoms with Crippen molar-refractivity contribution in [1.29, 1.82) is 0 Å². The molecule has 0 aliphatic carbocycles. The van der Waals surface area contributed by atoms with Crippen molar-refractivity contribution in [3.63, 3.8) is 0 Å². The van der Waals surface area contributed by atoms with E-state index in [1.54, 1.807) is 16.8 Å². The number of carbonyl (C=O) groups is 2. The molecule has 2 rings (SSSR count). The summed E-state index contributed by atoms with van der Waals surface area (Å²) < 4.78 is 1.67. The minimum Gasteiger partial charge on any atom is -0.337 e. The van der Waals surface area contributed by atoms with E-state index < -0.39 is 0 Å². The zero-order valence-corrected chi connectivity index (χ0v) is 15.7. The summed E-state index contributed by atoms with van der Waals surface area (Å²) in [4.78, 5) is 28.2. The molecule has 140 valence electrons. The molecule has 1 aromatic carbocycles. The van der Waals surface area contributed by atoms with E-state index in [4.69, 9.17) is 0 Å². The SMILES string of the molecule is Cc1c(NC(=O)CC(C)C)cccc1NC(=O)NCCc1ncnn1C. The molecule has 3 N–H and O–H groups in total. The fourth-order valence-corrected chi connectivity index (χ4v) is 2.48. The second kappa shape index (κ2) is 8.98. The maximum atomic E-state index is 12.1. The quantitative estimate of drug-likeness (QED) is 0.708. The monoisotopic (exact) mass is 358 g/mol. The molecule has 0 aliphatic heterocycles. The van der Waals surface area contributed by atoms with E-state index in [1.807, 2.05) is 33.9 Å². The van der Waals surface area contributed by atoms with Crippen LogP contribution in [-0.2, 0) is 18.3 Å². The number of urea groups is 1. The summed E-state index contributed by atoms with van der Waals surface area (Å²) in [6.45, 7) is 6.30. The van der Waals surface area contributed by atoms with Crippen LogP contribution in [0.3, 0.4) is 0 Å². The molecule has 0 radical (unpaired) electrons. The van der Waals surface area contributed by atoms with E-state index in [1.165, 1.54) is 6.33 Å². The molecule has 0 unspecified atom stereocenters. The Hall–Kier alpha value is -2.90. The van der Waals surface area contributed by atoms with Gasteiger partial charge in [0.25, 0.3) is 0 Å². The molecule has 2 aromatic rings. The standard InChI is InChI=1S/C18H26N6O2/c1-12(2)10-17(25)22-14-6-5-7-15(13(14)3)23-18(26)19-9-8-16-20-11-21-24(16)4/h5-7,11-12H,8-10H2,1-4H3,(H,22,25)(H2,19,23,26). The Morgan fingerprint density at radius 3 is 2.50 bits per heavy atom. The molecule has 8 nitrogen and oxygen atoms in total. The molecule has 0 saturated heterocycles. The van der Waals surface area contributed by atoms with E-state index in [9.17, 15) is 9.59 Å². The Bertz CT molecular complexity index is 769. The Balaban J connectivity index is 1.90. The number of benzene rings is 1. The predicted octanol–water partition coefficient (Wildman–Crippen LogP) is 2.47. The topological polar surface area (TPSA) is 101 Å². The van der Waals surface area contributed by atoms with Gasteiger partial charge < -0.3 is 16.0 Å². The molecule has 0 fully saturated rings. The van der Waals surface area contributed by atoms with Crippen molar-refractivity contribution in [3.8, 4) is 0 Å². The second-order valence-electron chi connectivity index (χ2n) is 6.56. The van der Waals surface area contributed by atoms with E-state index in [0.717, 1.165) is 11.4 Å². The molecule has 8 heteroatoms. The van der Waals surface area contributed by atoms with Crippen molar-refractivity contribution in [2.45, 2.75) is 33.6 Å². The van der Waals surface area contributed by atoms with E-state index in [-0.39, 0.29) is 17.9 Å². The van der Waals surface area contributed by atoms with Gasteiger partial charge >= 0.3 is 6.03 Å². The third-order valence-electron chi connectivity index (χ3n) is 3.89. The molecule has 0 bridgehead atoms. The van der Waals surface area contributed by atoms with E-state index >= 15 is 0 Å². The summed E-state index contributed by atoms with van der Waals surface area (Å²) in [6.07, 6.45) is 2.53. The van der Waals surface area contributed by atoms with Gasteiger partial charge in [0.15, 0.2) is 0 Å². The minimum atomic E-state index is -0.305. The molecular formula is C18H26N6O2. The first-order valence-corrected chi connectivity index (χ1v) is 8.64. The maximum Gasteiger partial charge on any atom is 0.319 e. The van der Waals surface area contributed by atoms with Crippen LogP contribution in [0.2, 0.25) is 0 Å². The van der Waals surface area contributed by atoms with Gasteiger partial charge in [0.05, 0.1) is 0 Å². The van der Waals surface area contributed by atoms with Gasteiger partial charge in [-0.3, -0.25) is 9.48 Å². The van der Waals surface area contributed by atoms with Crippen molar-refractivity contribution in [2.24, 2.45) is 13.0 Å². The summed E-state index contributed by atoms with van der Waals surface area (Å²) in [5.74, 6) is 1.06. The van der Waals surface area contributed by atoms with Gasteiger partial charge in [-0.25, -0.2) is 9.78 Å². The fourth-order valence-electron chi connectivity index (χ4n) is 2.48. The number of nitrogens with zero attached hydrogens (tertiary/aromatic N) is 3. The first-order valence-electron chi connectivity index (χ1n) is 8.64. The summed E-state index contributed by atoms with van der Waals surface area (Å²) in [5, 5.41) is 12.5. The van der Waals surface area contributed by atoms with Gasteiger partial charge in [-0.1, -0.05) is 19.9 Å². The van der Waals surface area contributed by atoms with Crippen LogP contribution in [0.1, 0.15) is 31.7 Å². The molecule has 0 spiro atoms. The lowest BCUT2D eigenvalue weighted by molar-refractivity contribution is -0.116. The van der Waals surface area contributed by atoms with Gasteiger partial charge in [-0.2, -0.15) is 5.10 Å². The summed E-state index contributed by atoms with van der Waals surface area (Å²) in [7, 11) is 1.81. The second-order valence-corrected chi connectivity index (χ2v) is 6.56. The average molecular weight is 358 g/mol. The highest BCUT2D eigenvalue weighted by molar-refractivity contribution is 5.95. The Morgan fingerprint density at radius 2 is 1.88 bits per heavy atom. The molecule has 26 heavy (non-hydrogen) atoms. The molecule has 1 aromatic heterocycles. The lowest BCUT2D eigenvalue weighted by Gasteiger charge is -2.14. The average Bonchev–Trinajstić information content (AvgIpc) is 2.96. The number of nitrogens with one attached hydrogen (secondary N) is 3. The number of rotatable bonds is 7. The molecule has 3 amide bonds. The smallest absolute Gasteiger partial charge is 0.319 e. The lowest BCUT2D eigenvalue weighted by atomic mass is 10.1. The van der Waals surface area contributed by atoms with Crippen LogP contribution >= 0.6 is 0 Å². The number of aromatic nitrogens is 3. The van der Waals surface area contributed by atoms with E-state index in [2.05, 4.69) is 26.0 Å². The number of amides is 3. The Labute approximate surface area is 153 Å². The van der Waals surface area contributed by atoms with E-state index in [0.29, 0.717) is 30.8 Å². The van der Waals surface area contributed by atoms with Crippen molar-refractivity contribution < 1.29 is 9.59 Å². The minimum absolute atomic E-state index is 0.0339. The first-order chi connectivity index (χ1) is 12.4. The zero-order chi connectivity index (χ0) is 19.1. The number of hydrogen-bond acceptors (Lipinski definition) is 4. The van der Waals surface area contributed by atoms with Crippen LogP contribution in [0.5, 0.6) is 0 Å². The Kier molecular flexibility index (Phi) is 6.71. The van der Waals surface area contributed by atoms with Gasteiger partial charge in [-0.05, 0) is 30.5 Å². The third-order valence-corrected chi connectivity index (χ3v) is 3.89. The number of aryl methyl sites for hydroxylation is 1. The normalized spacial score (nSPS) is 10.7. The zero-order valence-electron chi connectivity index (χ0n) is 15.7. The lowest BCUT2D eigenvalue weighted by Crippen LogP contribution is -2.31. The van der Waals surface area contributed by atoms with Crippen molar-refractivity contribution >= 4 is 23.3 Å². The van der Waals surface area contributed by atoms with Crippen LogP contribution < -0.4 is 16.0 Å². The van der Waals surface area contributed by atoms with Gasteiger partial charge in [0.2, 0.25) is 5.91 Å². The van der Waals surface area contributed by atoms with Crippen molar-refractivity contribution in [1.82, 2.24) is 20.1 Å². The summed E-state index contributed by atoms with van der Waals surface area (Å²) in [6, 6.07) is 5.12. The highest BCUT2D eigenvalue weighted by atomic mass is 16.2. The highest BCUT2D eigenvalue weighted by Crippen LogP contribution is 2.23. The first kappa shape index (κ1) is 19.4. The molecule has 0 atom stereocenters. The molecule has 0 saturated carbocycles. The van der Waals surface area contributed by atoms with Gasteiger partial charge in [-0.15, -0.1) is 0 Å². The molecule has 0 aliphatic rings. The predicted molar refractivity (Wildman–Crippen MR) is 101 cm³/mol. The van der Waals surface area contributed by atoms with Crippen LogP contribution in [0.4, 0.5) is 16.2 Å². The largest absolute Gasteiger partial charge is 0.337 e. The summed E-state index contributed by atoms with van der Waals surface area (Å²) in [5.41, 5.74) is 2.17. The fraction of sp³-hybridized carbons (Fsp3) is 0.444. The maximum absolute atomic E-state index is 12.1. The van der Waals surface area contributed by atoms with Crippen molar-refractivity contribution in [3.05, 3.63) is 35.9 Å². The third kappa shape index (κ3) is 5.58. The van der Waals surface area contributed by atoms with Crippen LogP contribution in [-0.4, -0.2) is 33.2 Å². The molecular weight excluding hydrogens is 332 g/mol. The highest BCUT2D eigenvalue weighted by Gasteiger charge is 2.11. The Morgan fingerprint density at radius 1 is 1.19 bits per heavy atom. The van der Waals surface area contributed by atoms with Crippen LogP contribution in [0.25, 0.3) is 0 Å². The van der Waals surface area contributed by atoms with Crippen molar-refractivity contribution in [2.75, 3.05) is 17.2 Å². The van der Waals surface area contributed by atoms with Crippen LogP contribution in [0.15, 0.2) is 24.5 Å². The van der Waals surface area contributed by atoms with Crippen LogP contribution in [0, 0.1) is 12.8 Å². The number of hydrogen-bond donors (Lipinski definition) is 3. The number of carbonyl (C=O) groups excluding carboxylic acids is 2. The van der Waals surface area contributed by atoms with Gasteiger partial charge in [0, 0.05) is 37.8 Å². The summed E-state index contributed by atoms with van der Waals surface area (Å²) >= 11 is 0.